The monoisotopic (exact) mass is 273 g/mol. The Hall–Kier alpha value is -1.71. The first-order valence-corrected chi connectivity index (χ1v) is 7.49. The van der Waals surface area contributed by atoms with Gasteiger partial charge in [-0.05, 0) is 42.4 Å². The van der Waals surface area contributed by atoms with Crippen LogP contribution in [-0.4, -0.2) is 18.6 Å². The highest BCUT2D eigenvalue weighted by atomic mass is 16.2. The molecule has 0 bridgehead atoms. The van der Waals surface area contributed by atoms with E-state index in [9.17, 15) is 4.79 Å². The fraction of sp³-hybridized carbons (Fsp3) is 0.562. The predicted octanol–water partition coefficient (Wildman–Crippen LogP) is 3.35. The Balaban J connectivity index is 1.62. The molecule has 1 aromatic carbocycles. The van der Waals surface area contributed by atoms with Crippen molar-refractivity contribution in [2.45, 2.75) is 45.6 Å². The number of urea groups is 1. The third-order valence-corrected chi connectivity index (χ3v) is 4.64. The van der Waals surface area contributed by atoms with Crippen molar-refractivity contribution < 1.29 is 4.79 Å². The molecule has 3 rings (SSSR count). The fourth-order valence-corrected chi connectivity index (χ4v) is 3.29. The van der Waals surface area contributed by atoms with Crippen molar-refractivity contribution in [3.05, 3.63) is 23.8 Å². The Morgan fingerprint density at radius 3 is 3.00 bits per heavy atom. The van der Waals surface area contributed by atoms with Gasteiger partial charge in [-0.1, -0.05) is 26.3 Å². The van der Waals surface area contributed by atoms with E-state index in [-0.39, 0.29) is 17.5 Å². The molecule has 1 aliphatic heterocycles. The lowest BCUT2D eigenvalue weighted by Gasteiger charge is -2.27. The van der Waals surface area contributed by atoms with Gasteiger partial charge in [0.1, 0.15) is 0 Å². The van der Waals surface area contributed by atoms with Gasteiger partial charge in [-0.25, -0.2) is 4.79 Å². The standard InChI is InChI=1S/C16H23N3O/c1-16(2)8-3-4-14(16)19-15(20)18-12-6-5-11-7-9-17-13(11)10-12/h5-6,10,14,17H,3-4,7-9H2,1-2H3,(H2,18,19,20). The predicted molar refractivity (Wildman–Crippen MR) is 82.2 cm³/mol. The molecule has 0 saturated heterocycles. The SMILES string of the molecule is CC1(C)CCCC1NC(=O)Nc1ccc2c(c1)NCC2. The maximum Gasteiger partial charge on any atom is 0.319 e. The number of anilines is 2. The highest BCUT2D eigenvalue weighted by Crippen LogP contribution is 2.37. The molecule has 4 heteroatoms. The number of carbonyl (C=O) groups excluding carboxylic acids is 1. The lowest BCUT2D eigenvalue weighted by Crippen LogP contribution is -2.43. The first-order valence-electron chi connectivity index (χ1n) is 7.49. The molecule has 0 radical (unpaired) electrons. The summed E-state index contributed by atoms with van der Waals surface area (Å²) in [5.74, 6) is 0. The molecule has 1 atom stereocenters. The van der Waals surface area contributed by atoms with Gasteiger partial charge in [0.25, 0.3) is 0 Å². The highest BCUT2D eigenvalue weighted by molar-refractivity contribution is 5.90. The lowest BCUT2D eigenvalue weighted by atomic mass is 9.87. The van der Waals surface area contributed by atoms with Gasteiger partial charge >= 0.3 is 6.03 Å². The zero-order valence-electron chi connectivity index (χ0n) is 12.3. The van der Waals surface area contributed by atoms with Crippen LogP contribution in [0.3, 0.4) is 0 Å². The van der Waals surface area contributed by atoms with E-state index in [1.54, 1.807) is 0 Å². The molecule has 1 aliphatic carbocycles. The molecule has 4 nitrogen and oxygen atoms in total. The van der Waals surface area contributed by atoms with Gasteiger partial charge in [-0.3, -0.25) is 0 Å². The number of rotatable bonds is 2. The van der Waals surface area contributed by atoms with Crippen LogP contribution in [0.25, 0.3) is 0 Å². The molecule has 1 fully saturated rings. The number of benzene rings is 1. The van der Waals surface area contributed by atoms with Crippen molar-refractivity contribution in [3.63, 3.8) is 0 Å². The highest BCUT2D eigenvalue weighted by Gasteiger charge is 2.35. The number of fused-ring (bicyclic) bond motifs is 1. The van der Waals surface area contributed by atoms with Crippen molar-refractivity contribution in [1.29, 1.82) is 0 Å². The van der Waals surface area contributed by atoms with Crippen LogP contribution in [0.4, 0.5) is 16.2 Å². The fourth-order valence-electron chi connectivity index (χ4n) is 3.29. The summed E-state index contributed by atoms with van der Waals surface area (Å²) in [6.45, 7) is 5.44. The van der Waals surface area contributed by atoms with E-state index in [2.05, 4.69) is 35.9 Å². The largest absolute Gasteiger partial charge is 0.384 e. The molecule has 20 heavy (non-hydrogen) atoms. The van der Waals surface area contributed by atoms with E-state index < -0.39 is 0 Å². The average Bonchev–Trinajstić information content (AvgIpc) is 2.96. The molecule has 108 valence electrons. The minimum absolute atomic E-state index is 0.0945. The van der Waals surface area contributed by atoms with Crippen molar-refractivity contribution >= 4 is 17.4 Å². The minimum atomic E-state index is -0.0945. The normalized spacial score (nSPS) is 23.0. The van der Waals surface area contributed by atoms with E-state index in [0.717, 1.165) is 30.8 Å². The molecular weight excluding hydrogens is 250 g/mol. The Kier molecular flexibility index (Phi) is 3.32. The van der Waals surface area contributed by atoms with E-state index in [1.165, 1.54) is 18.4 Å². The zero-order chi connectivity index (χ0) is 14.2. The van der Waals surface area contributed by atoms with Crippen LogP contribution in [0.1, 0.15) is 38.7 Å². The van der Waals surface area contributed by atoms with Crippen LogP contribution in [0.5, 0.6) is 0 Å². The summed E-state index contributed by atoms with van der Waals surface area (Å²) in [6.07, 6.45) is 4.52. The number of nitrogens with one attached hydrogen (secondary N) is 3. The smallest absolute Gasteiger partial charge is 0.319 e. The van der Waals surface area contributed by atoms with Crippen LogP contribution in [0.15, 0.2) is 18.2 Å². The van der Waals surface area contributed by atoms with E-state index in [0.29, 0.717) is 0 Å². The third kappa shape index (κ3) is 2.60. The Morgan fingerprint density at radius 1 is 1.40 bits per heavy atom. The molecule has 0 aromatic heterocycles. The molecule has 1 unspecified atom stereocenters. The van der Waals surface area contributed by atoms with Crippen LogP contribution in [-0.2, 0) is 6.42 Å². The summed E-state index contributed by atoms with van der Waals surface area (Å²) in [6, 6.07) is 6.26. The molecule has 0 spiro atoms. The summed E-state index contributed by atoms with van der Waals surface area (Å²) in [7, 11) is 0. The summed E-state index contributed by atoms with van der Waals surface area (Å²) in [5, 5.41) is 9.39. The van der Waals surface area contributed by atoms with E-state index >= 15 is 0 Å². The van der Waals surface area contributed by atoms with Gasteiger partial charge in [0.2, 0.25) is 0 Å². The van der Waals surface area contributed by atoms with Crippen molar-refractivity contribution in [2.75, 3.05) is 17.2 Å². The molecule has 1 heterocycles. The van der Waals surface area contributed by atoms with Crippen molar-refractivity contribution in [2.24, 2.45) is 5.41 Å². The van der Waals surface area contributed by atoms with Crippen LogP contribution in [0, 0.1) is 5.41 Å². The maximum absolute atomic E-state index is 12.1. The first-order chi connectivity index (χ1) is 9.54. The van der Waals surface area contributed by atoms with Crippen molar-refractivity contribution in [1.82, 2.24) is 5.32 Å². The minimum Gasteiger partial charge on any atom is -0.384 e. The van der Waals surface area contributed by atoms with Gasteiger partial charge < -0.3 is 16.0 Å². The first kappa shape index (κ1) is 13.3. The Morgan fingerprint density at radius 2 is 2.25 bits per heavy atom. The van der Waals surface area contributed by atoms with Crippen LogP contribution in [0.2, 0.25) is 0 Å². The topological polar surface area (TPSA) is 53.2 Å². The lowest BCUT2D eigenvalue weighted by molar-refractivity contribution is 0.233. The molecule has 2 amide bonds. The number of hydrogen-bond acceptors (Lipinski definition) is 2. The van der Waals surface area contributed by atoms with E-state index in [1.807, 2.05) is 12.1 Å². The summed E-state index contributed by atoms with van der Waals surface area (Å²) < 4.78 is 0. The quantitative estimate of drug-likeness (QED) is 0.774. The number of hydrogen-bond donors (Lipinski definition) is 3. The van der Waals surface area contributed by atoms with Crippen LogP contribution < -0.4 is 16.0 Å². The van der Waals surface area contributed by atoms with Crippen molar-refractivity contribution in [3.8, 4) is 0 Å². The second kappa shape index (κ2) is 5.00. The van der Waals surface area contributed by atoms with Gasteiger partial charge in [0.15, 0.2) is 0 Å². The molecule has 2 aliphatic rings. The second-order valence-corrected chi connectivity index (χ2v) is 6.58. The third-order valence-electron chi connectivity index (χ3n) is 4.64. The van der Waals surface area contributed by atoms with Crippen LogP contribution >= 0.6 is 0 Å². The second-order valence-electron chi connectivity index (χ2n) is 6.58. The van der Waals surface area contributed by atoms with Gasteiger partial charge in [-0.2, -0.15) is 0 Å². The summed E-state index contributed by atoms with van der Waals surface area (Å²) in [4.78, 5) is 12.1. The molecule has 3 N–H and O–H groups in total. The number of carbonyl (C=O) groups is 1. The number of amides is 2. The van der Waals surface area contributed by atoms with Gasteiger partial charge in [0.05, 0.1) is 0 Å². The Bertz CT molecular complexity index is 524. The summed E-state index contributed by atoms with van der Waals surface area (Å²) >= 11 is 0. The molecule has 1 saturated carbocycles. The molecular formula is C16H23N3O. The average molecular weight is 273 g/mol. The Labute approximate surface area is 120 Å². The zero-order valence-corrected chi connectivity index (χ0v) is 12.3. The van der Waals surface area contributed by atoms with E-state index in [4.69, 9.17) is 0 Å². The summed E-state index contributed by atoms with van der Waals surface area (Å²) in [5.41, 5.74) is 3.53. The maximum atomic E-state index is 12.1. The van der Waals surface area contributed by atoms with Gasteiger partial charge in [0, 0.05) is 24.0 Å². The molecule has 1 aromatic rings. The van der Waals surface area contributed by atoms with Gasteiger partial charge in [-0.15, -0.1) is 0 Å².